The molecule has 0 spiro atoms. The number of esters is 1. The number of benzene rings is 1. The molecule has 0 aliphatic carbocycles. The van der Waals surface area contributed by atoms with Crippen LogP contribution in [0.5, 0.6) is 6.01 Å². The molecule has 0 fully saturated rings. The van der Waals surface area contributed by atoms with E-state index in [1.807, 2.05) is 6.92 Å². The fourth-order valence-corrected chi connectivity index (χ4v) is 2.50. The Balaban J connectivity index is 2.69. The van der Waals surface area contributed by atoms with Crippen LogP contribution >= 0.6 is 11.6 Å². The van der Waals surface area contributed by atoms with Crippen molar-refractivity contribution in [2.75, 3.05) is 13.7 Å². The molecular weight excluding hydrogens is 427 g/mol. The quantitative estimate of drug-likeness (QED) is 0.383. The fourth-order valence-electron chi connectivity index (χ4n) is 2.27. The zero-order chi connectivity index (χ0) is 21.9. The average molecular weight is 441 g/mol. The van der Waals surface area contributed by atoms with E-state index in [0.29, 0.717) is 12.5 Å². The summed E-state index contributed by atoms with van der Waals surface area (Å²) in [6, 6.07) is 0.328. The monoisotopic (exact) mass is 440 g/mol. The Morgan fingerprint density at radius 1 is 1.28 bits per heavy atom. The Labute approximate surface area is 165 Å². The van der Waals surface area contributed by atoms with Gasteiger partial charge >= 0.3 is 18.2 Å². The maximum absolute atomic E-state index is 14.4. The smallest absolute Gasteiger partial charge is 0.436 e. The minimum Gasteiger partial charge on any atom is -0.468 e. The van der Waals surface area contributed by atoms with Gasteiger partial charge in [0, 0.05) is 0 Å². The van der Waals surface area contributed by atoms with E-state index >= 15 is 0 Å². The van der Waals surface area contributed by atoms with Gasteiger partial charge in [0.1, 0.15) is 5.82 Å². The van der Waals surface area contributed by atoms with Crippen LogP contribution in [0.3, 0.4) is 0 Å². The number of carbonyl (C=O) groups excluding carboxylic acids is 1. The molecule has 0 unspecified atom stereocenters. The fraction of sp³-hybridized carbons (Fsp3) is 0.353. The highest BCUT2D eigenvalue weighted by Gasteiger charge is 2.39. The minimum atomic E-state index is -5.29. The molecular formula is C17H14ClF5N2O4. The maximum atomic E-state index is 14.4. The summed E-state index contributed by atoms with van der Waals surface area (Å²) < 4.78 is 76.7. The Bertz CT molecular complexity index is 991. The van der Waals surface area contributed by atoms with Crippen molar-refractivity contribution in [1.29, 1.82) is 0 Å². The molecule has 0 amide bonds. The summed E-state index contributed by atoms with van der Waals surface area (Å²) >= 11 is 5.83. The molecule has 158 valence electrons. The van der Waals surface area contributed by atoms with Gasteiger partial charge in [-0.15, -0.1) is 0 Å². The van der Waals surface area contributed by atoms with E-state index < -0.39 is 46.7 Å². The SMILES string of the molecule is CCCCOC(=O)c1cc(-n2c(OC)nc(C(F)(F)F)c(F)c2=O)c(F)cc1Cl. The molecule has 0 saturated heterocycles. The molecule has 1 heterocycles. The predicted molar refractivity (Wildman–Crippen MR) is 91.5 cm³/mol. The third kappa shape index (κ3) is 4.66. The number of hydrogen-bond donors (Lipinski definition) is 0. The average Bonchev–Trinajstić information content (AvgIpc) is 2.63. The van der Waals surface area contributed by atoms with E-state index in [4.69, 9.17) is 16.3 Å². The van der Waals surface area contributed by atoms with Crippen LogP contribution < -0.4 is 10.3 Å². The third-order valence-corrected chi connectivity index (χ3v) is 3.99. The van der Waals surface area contributed by atoms with E-state index in [-0.39, 0.29) is 21.8 Å². The molecule has 29 heavy (non-hydrogen) atoms. The topological polar surface area (TPSA) is 70.4 Å². The van der Waals surface area contributed by atoms with Crippen LogP contribution in [-0.2, 0) is 10.9 Å². The molecule has 1 aromatic heterocycles. The highest BCUT2D eigenvalue weighted by molar-refractivity contribution is 6.33. The van der Waals surface area contributed by atoms with Gasteiger partial charge in [0.2, 0.25) is 5.82 Å². The summed E-state index contributed by atoms with van der Waals surface area (Å²) in [5.41, 5.74) is -5.17. The number of ether oxygens (including phenoxy) is 2. The van der Waals surface area contributed by atoms with E-state index in [2.05, 4.69) is 9.72 Å². The van der Waals surface area contributed by atoms with Crippen molar-refractivity contribution >= 4 is 17.6 Å². The van der Waals surface area contributed by atoms with Crippen molar-refractivity contribution in [2.24, 2.45) is 0 Å². The number of nitrogens with zero attached hydrogens (tertiary/aromatic N) is 2. The van der Waals surface area contributed by atoms with Crippen LogP contribution in [0.4, 0.5) is 22.0 Å². The van der Waals surface area contributed by atoms with Gasteiger partial charge in [0.25, 0.3) is 5.56 Å². The lowest BCUT2D eigenvalue weighted by molar-refractivity contribution is -0.144. The molecule has 0 atom stereocenters. The maximum Gasteiger partial charge on any atom is 0.436 e. The molecule has 0 aliphatic rings. The van der Waals surface area contributed by atoms with Crippen molar-refractivity contribution in [3.63, 3.8) is 0 Å². The Kier molecular flexibility index (Phi) is 6.83. The van der Waals surface area contributed by atoms with E-state index in [1.54, 1.807) is 0 Å². The molecule has 1 aromatic carbocycles. The summed E-state index contributed by atoms with van der Waals surface area (Å²) in [6.45, 7) is 1.89. The summed E-state index contributed by atoms with van der Waals surface area (Å²) in [4.78, 5) is 27.3. The molecule has 0 bridgehead atoms. The van der Waals surface area contributed by atoms with Crippen molar-refractivity contribution in [2.45, 2.75) is 25.9 Å². The number of halogens is 6. The van der Waals surface area contributed by atoms with Crippen LogP contribution in [0.15, 0.2) is 16.9 Å². The van der Waals surface area contributed by atoms with Gasteiger partial charge in [-0.1, -0.05) is 24.9 Å². The summed E-state index contributed by atoms with van der Waals surface area (Å²) in [5.74, 6) is -4.46. The second-order valence-electron chi connectivity index (χ2n) is 5.67. The molecule has 12 heteroatoms. The minimum absolute atomic E-state index is 0.0398. The number of aromatic nitrogens is 2. The number of rotatable bonds is 6. The Hall–Kier alpha value is -2.69. The van der Waals surface area contributed by atoms with Gasteiger partial charge < -0.3 is 9.47 Å². The molecule has 2 rings (SSSR count). The van der Waals surface area contributed by atoms with Crippen LogP contribution in [0.25, 0.3) is 5.69 Å². The zero-order valence-electron chi connectivity index (χ0n) is 15.1. The van der Waals surface area contributed by atoms with Gasteiger partial charge in [-0.05, 0) is 18.6 Å². The highest BCUT2D eigenvalue weighted by atomic mass is 35.5. The number of hydrogen-bond acceptors (Lipinski definition) is 5. The number of methoxy groups -OCH3 is 1. The first kappa shape index (κ1) is 22.6. The first-order chi connectivity index (χ1) is 13.5. The highest BCUT2D eigenvalue weighted by Crippen LogP contribution is 2.31. The van der Waals surface area contributed by atoms with Gasteiger partial charge in [0.05, 0.1) is 30.0 Å². The Morgan fingerprint density at radius 2 is 1.93 bits per heavy atom. The number of carbonyl (C=O) groups is 1. The molecule has 6 nitrogen and oxygen atoms in total. The number of alkyl halides is 3. The molecule has 0 aliphatic heterocycles. The summed E-state index contributed by atoms with van der Waals surface area (Å²) in [7, 11) is 0.851. The molecule has 2 aromatic rings. The standard InChI is InChI=1S/C17H14ClF5N2O4/c1-3-4-5-29-15(27)8-6-11(10(19)7-9(8)18)25-14(26)12(20)13(17(21,22)23)24-16(25)28-2/h6-7H,3-5H2,1-2H3. The zero-order valence-corrected chi connectivity index (χ0v) is 15.8. The molecule has 0 saturated carbocycles. The lowest BCUT2D eigenvalue weighted by atomic mass is 10.2. The van der Waals surface area contributed by atoms with Gasteiger partial charge in [-0.3, -0.25) is 4.79 Å². The molecule has 0 radical (unpaired) electrons. The van der Waals surface area contributed by atoms with Gasteiger partial charge in [-0.2, -0.15) is 22.5 Å². The normalized spacial score (nSPS) is 11.4. The predicted octanol–water partition coefficient (Wildman–Crippen LogP) is 4.15. The van der Waals surface area contributed by atoms with E-state index in [9.17, 15) is 31.5 Å². The van der Waals surface area contributed by atoms with Gasteiger partial charge in [-0.25, -0.2) is 13.8 Å². The van der Waals surface area contributed by atoms with Crippen LogP contribution in [0.2, 0.25) is 5.02 Å². The first-order valence-electron chi connectivity index (χ1n) is 8.13. The lowest BCUT2D eigenvalue weighted by Crippen LogP contribution is -2.30. The van der Waals surface area contributed by atoms with Crippen molar-refractivity contribution in [3.05, 3.63) is 50.4 Å². The lowest BCUT2D eigenvalue weighted by Gasteiger charge is -2.16. The van der Waals surface area contributed by atoms with Crippen molar-refractivity contribution in [3.8, 4) is 11.7 Å². The van der Waals surface area contributed by atoms with Crippen molar-refractivity contribution in [1.82, 2.24) is 9.55 Å². The van der Waals surface area contributed by atoms with Crippen LogP contribution in [0, 0.1) is 11.6 Å². The third-order valence-electron chi connectivity index (χ3n) is 3.68. The Morgan fingerprint density at radius 3 is 2.48 bits per heavy atom. The number of unbranched alkanes of at least 4 members (excludes halogenated alkanes) is 1. The van der Waals surface area contributed by atoms with Crippen molar-refractivity contribution < 1.29 is 36.2 Å². The van der Waals surface area contributed by atoms with Gasteiger partial charge in [0.15, 0.2) is 5.69 Å². The first-order valence-corrected chi connectivity index (χ1v) is 8.51. The largest absolute Gasteiger partial charge is 0.468 e. The second-order valence-corrected chi connectivity index (χ2v) is 6.08. The second kappa shape index (κ2) is 8.76. The summed E-state index contributed by atoms with van der Waals surface area (Å²) in [6.07, 6.45) is -4.03. The summed E-state index contributed by atoms with van der Waals surface area (Å²) in [5, 5.41) is -0.375. The van der Waals surface area contributed by atoms with E-state index in [1.165, 1.54) is 0 Å². The molecule has 0 N–H and O–H groups in total. The van der Waals surface area contributed by atoms with E-state index in [0.717, 1.165) is 19.6 Å². The van der Waals surface area contributed by atoms with Crippen LogP contribution in [-0.4, -0.2) is 29.2 Å². The van der Waals surface area contributed by atoms with Crippen LogP contribution in [0.1, 0.15) is 35.8 Å².